The maximum absolute atomic E-state index is 13.8. The van der Waals surface area contributed by atoms with Crippen LogP contribution < -0.4 is 11.1 Å². The van der Waals surface area contributed by atoms with E-state index < -0.39 is 42.5 Å². The summed E-state index contributed by atoms with van der Waals surface area (Å²) in [6, 6.07) is 12.8. The van der Waals surface area contributed by atoms with Gasteiger partial charge < -0.3 is 21.1 Å². The Labute approximate surface area is 198 Å². The molecule has 0 saturated carbocycles. The van der Waals surface area contributed by atoms with Crippen LogP contribution >= 0.6 is 0 Å². The first-order valence-electron chi connectivity index (χ1n) is 10.5. The summed E-state index contributed by atoms with van der Waals surface area (Å²) in [5, 5.41) is 16.4. The van der Waals surface area contributed by atoms with Gasteiger partial charge in [0.25, 0.3) is 11.8 Å². The number of aromatic nitrogens is 2. The van der Waals surface area contributed by atoms with E-state index in [9.17, 15) is 32.3 Å². The van der Waals surface area contributed by atoms with Crippen LogP contribution in [0.5, 0.6) is 0 Å². The average molecular weight is 493 g/mol. The van der Waals surface area contributed by atoms with Gasteiger partial charge in [0.15, 0.2) is 5.60 Å². The first-order valence-corrected chi connectivity index (χ1v) is 10.5. The summed E-state index contributed by atoms with van der Waals surface area (Å²) < 4.78 is 56.1. The normalized spacial score (nSPS) is 13.2. The first-order chi connectivity index (χ1) is 16.5. The van der Waals surface area contributed by atoms with Crippen LogP contribution in [0, 0.1) is 5.82 Å². The molecule has 3 aromatic rings. The molecule has 186 valence electrons. The Morgan fingerprint density at radius 1 is 1.14 bits per heavy atom. The zero-order chi connectivity index (χ0) is 25.8. The Bertz CT molecular complexity index is 1200. The van der Waals surface area contributed by atoms with Crippen molar-refractivity contribution in [2.45, 2.75) is 18.7 Å². The van der Waals surface area contributed by atoms with Crippen LogP contribution in [0.15, 0.2) is 60.8 Å². The standard InChI is InChI=1S/C23H23F4N5O3/c1-2-31(21(34)15-7-4-3-5-8-15)14-22(35,23(25,26)27)13-29-20(33)18-12-30-32(19(18)28)17-10-6-9-16(24)11-17/h3-12,35H,2,13-14,28H2,1H3,(H,29,33). The molecule has 3 rings (SSSR count). The Hall–Kier alpha value is -3.93. The highest BCUT2D eigenvalue weighted by atomic mass is 19.4. The van der Waals surface area contributed by atoms with Gasteiger partial charge >= 0.3 is 6.18 Å². The van der Waals surface area contributed by atoms with Crippen molar-refractivity contribution in [2.24, 2.45) is 0 Å². The monoisotopic (exact) mass is 493 g/mol. The van der Waals surface area contributed by atoms with Crippen molar-refractivity contribution >= 4 is 17.6 Å². The number of nitrogen functional groups attached to an aromatic ring is 1. The average Bonchev–Trinajstić information content (AvgIpc) is 3.21. The lowest BCUT2D eigenvalue weighted by molar-refractivity contribution is -0.259. The van der Waals surface area contributed by atoms with E-state index >= 15 is 0 Å². The molecule has 1 heterocycles. The van der Waals surface area contributed by atoms with Crippen LogP contribution in [0.4, 0.5) is 23.4 Å². The lowest BCUT2D eigenvalue weighted by Crippen LogP contribution is -2.60. The summed E-state index contributed by atoms with van der Waals surface area (Å²) in [5.74, 6) is -2.56. The number of alkyl halides is 3. The Morgan fingerprint density at radius 2 is 1.83 bits per heavy atom. The fourth-order valence-electron chi connectivity index (χ4n) is 3.32. The molecule has 0 saturated heterocycles. The van der Waals surface area contributed by atoms with Crippen molar-refractivity contribution < 1.29 is 32.3 Å². The van der Waals surface area contributed by atoms with Crippen molar-refractivity contribution in [3.05, 3.63) is 77.7 Å². The van der Waals surface area contributed by atoms with Gasteiger partial charge in [-0.3, -0.25) is 9.59 Å². The molecule has 8 nitrogen and oxygen atoms in total. The number of hydrogen-bond donors (Lipinski definition) is 3. The lowest BCUT2D eigenvalue weighted by atomic mass is 10.0. The minimum Gasteiger partial charge on any atom is -0.383 e. The number of hydrogen-bond acceptors (Lipinski definition) is 5. The van der Waals surface area contributed by atoms with Crippen LogP contribution in [0.25, 0.3) is 5.69 Å². The van der Waals surface area contributed by atoms with E-state index in [4.69, 9.17) is 5.73 Å². The summed E-state index contributed by atoms with van der Waals surface area (Å²) in [6.07, 6.45) is -4.17. The molecule has 1 aromatic heterocycles. The number of carbonyl (C=O) groups is 2. The highest BCUT2D eigenvalue weighted by Gasteiger charge is 2.55. The number of halogens is 4. The van der Waals surface area contributed by atoms with E-state index in [1.165, 1.54) is 37.3 Å². The predicted octanol–water partition coefficient (Wildman–Crippen LogP) is 2.78. The number of likely N-dealkylation sites (N-methyl/N-ethyl adjacent to an activating group) is 1. The third kappa shape index (κ3) is 5.60. The number of nitrogens with one attached hydrogen (secondary N) is 1. The van der Waals surface area contributed by atoms with Gasteiger partial charge in [0.2, 0.25) is 0 Å². The third-order valence-electron chi connectivity index (χ3n) is 5.32. The van der Waals surface area contributed by atoms with E-state index in [-0.39, 0.29) is 29.2 Å². The van der Waals surface area contributed by atoms with Crippen molar-refractivity contribution in [3.63, 3.8) is 0 Å². The summed E-state index contributed by atoms with van der Waals surface area (Å²) >= 11 is 0. The van der Waals surface area contributed by atoms with Crippen LogP contribution in [0.3, 0.4) is 0 Å². The smallest absolute Gasteiger partial charge is 0.383 e. The fraction of sp³-hybridized carbons (Fsp3) is 0.261. The molecule has 2 aromatic carbocycles. The number of aliphatic hydroxyl groups is 1. The molecular formula is C23H23F4N5O3. The van der Waals surface area contributed by atoms with Crippen LogP contribution in [0.2, 0.25) is 0 Å². The van der Waals surface area contributed by atoms with Crippen molar-refractivity contribution in [1.29, 1.82) is 0 Å². The van der Waals surface area contributed by atoms with E-state index in [0.717, 1.165) is 21.8 Å². The van der Waals surface area contributed by atoms with Gasteiger partial charge in [0, 0.05) is 12.1 Å². The molecule has 12 heteroatoms. The predicted molar refractivity (Wildman–Crippen MR) is 119 cm³/mol. The zero-order valence-corrected chi connectivity index (χ0v) is 18.6. The SMILES string of the molecule is CCN(CC(O)(CNC(=O)c1cnn(-c2cccc(F)c2)c1N)C(F)(F)F)C(=O)c1ccccc1. The Morgan fingerprint density at radius 3 is 2.43 bits per heavy atom. The largest absolute Gasteiger partial charge is 0.420 e. The molecule has 1 unspecified atom stereocenters. The molecule has 35 heavy (non-hydrogen) atoms. The molecule has 1 atom stereocenters. The van der Waals surface area contributed by atoms with Gasteiger partial charge in [-0.25, -0.2) is 9.07 Å². The number of carbonyl (C=O) groups excluding carboxylic acids is 2. The van der Waals surface area contributed by atoms with Gasteiger partial charge in [-0.15, -0.1) is 0 Å². The van der Waals surface area contributed by atoms with E-state index in [2.05, 4.69) is 5.10 Å². The molecule has 0 aliphatic rings. The van der Waals surface area contributed by atoms with Crippen molar-refractivity contribution in [2.75, 3.05) is 25.4 Å². The molecule has 2 amide bonds. The minimum absolute atomic E-state index is 0.118. The van der Waals surface area contributed by atoms with Gasteiger partial charge in [-0.05, 0) is 37.3 Å². The summed E-state index contributed by atoms with van der Waals surface area (Å²) in [4.78, 5) is 26.1. The molecule has 0 spiro atoms. The van der Waals surface area contributed by atoms with Crippen LogP contribution in [-0.4, -0.2) is 63.0 Å². The molecule has 0 bridgehead atoms. The molecule has 4 N–H and O–H groups in total. The number of anilines is 1. The zero-order valence-electron chi connectivity index (χ0n) is 18.6. The first kappa shape index (κ1) is 25.7. The van der Waals surface area contributed by atoms with Gasteiger partial charge in [-0.2, -0.15) is 18.3 Å². The molecule has 0 aliphatic heterocycles. The van der Waals surface area contributed by atoms with Crippen molar-refractivity contribution in [1.82, 2.24) is 20.0 Å². The van der Waals surface area contributed by atoms with Gasteiger partial charge in [-0.1, -0.05) is 24.3 Å². The molecule has 0 aliphatic carbocycles. The molecule has 0 fully saturated rings. The third-order valence-corrected chi connectivity index (χ3v) is 5.32. The fourth-order valence-corrected chi connectivity index (χ4v) is 3.32. The van der Waals surface area contributed by atoms with Gasteiger partial charge in [0.05, 0.1) is 25.0 Å². The number of rotatable bonds is 8. The van der Waals surface area contributed by atoms with Crippen molar-refractivity contribution in [3.8, 4) is 5.69 Å². The lowest BCUT2D eigenvalue weighted by Gasteiger charge is -2.35. The second-order valence-corrected chi connectivity index (χ2v) is 7.73. The van der Waals surface area contributed by atoms with E-state index in [0.29, 0.717) is 0 Å². The highest BCUT2D eigenvalue weighted by Crippen LogP contribution is 2.31. The Kier molecular flexibility index (Phi) is 7.44. The van der Waals surface area contributed by atoms with E-state index in [1.807, 2.05) is 5.32 Å². The summed E-state index contributed by atoms with van der Waals surface area (Å²) in [7, 11) is 0. The minimum atomic E-state index is -5.18. The number of benzene rings is 2. The molecular weight excluding hydrogens is 470 g/mol. The number of nitrogens with zero attached hydrogens (tertiary/aromatic N) is 3. The summed E-state index contributed by atoms with van der Waals surface area (Å²) in [6.45, 7) is -1.01. The second-order valence-electron chi connectivity index (χ2n) is 7.73. The second kappa shape index (κ2) is 10.1. The van der Waals surface area contributed by atoms with Gasteiger partial charge in [0.1, 0.15) is 17.2 Å². The Balaban J connectivity index is 1.78. The maximum Gasteiger partial charge on any atom is 0.420 e. The van der Waals surface area contributed by atoms with Crippen LogP contribution in [-0.2, 0) is 0 Å². The maximum atomic E-state index is 13.8. The highest BCUT2D eigenvalue weighted by molar-refractivity contribution is 5.98. The number of nitrogens with two attached hydrogens (primary N) is 1. The van der Waals surface area contributed by atoms with E-state index in [1.54, 1.807) is 18.2 Å². The summed E-state index contributed by atoms with van der Waals surface area (Å²) in [5.41, 5.74) is 2.53. The quantitative estimate of drug-likeness (QED) is 0.418. The topological polar surface area (TPSA) is 113 Å². The number of amides is 2. The van der Waals surface area contributed by atoms with Crippen LogP contribution in [0.1, 0.15) is 27.6 Å². The molecule has 0 radical (unpaired) electrons.